The first kappa shape index (κ1) is 8.31. The van der Waals surface area contributed by atoms with Crippen LogP contribution in [0.5, 0.6) is 0 Å². The molecule has 0 unspecified atom stereocenters. The summed E-state index contributed by atoms with van der Waals surface area (Å²) < 4.78 is 1.34. The van der Waals surface area contributed by atoms with E-state index in [1.807, 2.05) is 0 Å². The smallest absolute Gasteiger partial charge is 0.0914 e. The molecule has 0 N–H and O–H groups in total. The van der Waals surface area contributed by atoms with Crippen LogP contribution in [-0.2, 0) is 0 Å². The zero-order chi connectivity index (χ0) is 6.32. The van der Waals surface area contributed by atoms with E-state index in [2.05, 4.69) is 11.9 Å². The highest BCUT2D eigenvalue weighted by molar-refractivity contribution is 4.68. The van der Waals surface area contributed by atoms with Crippen molar-refractivity contribution in [3.8, 4) is 0 Å². The van der Waals surface area contributed by atoms with Crippen LogP contribution in [0.2, 0.25) is 0 Å². The first-order valence-electron chi connectivity index (χ1n) is 3.84. The van der Waals surface area contributed by atoms with E-state index in [-0.39, 0.29) is 12.4 Å². The van der Waals surface area contributed by atoms with Crippen LogP contribution in [0.15, 0.2) is 0 Å². The third-order valence-electron chi connectivity index (χ3n) is 2.87. The van der Waals surface area contributed by atoms with E-state index in [4.69, 9.17) is 0 Å². The van der Waals surface area contributed by atoms with Gasteiger partial charge in [0.15, 0.2) is 0 Å². The maximum absolute atomic E-state index is 2.57. The molecule has 0 spiro atoms. The van der Waals surface area contributed by atoms with Crippen molar-refractivity contribution in [2.75, 3.05) is 46.3 Å². The van der Waals surface area contributed by atoms with E-state index in [9.17, 15) is 0 Å². The predicted octanol–water partition coefficient (Wildman–Crippen LogP) is -3.23. The lowest BCUT2D eigenvalue weighted by atomic mass is 10.2. The highest BCUT2D eigenvalue weighted by atomic mass is 35.5. The average Bonchev–Trinajstić information content (AvgIpc) is 1.90. The minimum atomic E-state index is 0. The van der Waals surface area contributed by atoms with Crippen LogP contribution in [0.25, 0.3) is 0 Å². The maximum atomic E-state index is 2.57. The van der Waals surface area contributed by atoms with Gasteiger partial charge in [0.2, 0.25) is 0 Å². The molecule has 0 radical (unpaired) electrons. The van der Waals surface area contributed by atoms with Crippen molar-refractivity contribution in [1.29, 1.82) is 0 Å². The second-order valence-corrected chi connectivity index (χ2v) is 3.63. The van der Waals surface area contributed by atoms with Crippen LogP contribution >= 0.6 is 0 Å². The summed E-state index contributed by atoms with van der Waals surface area (Å²) in [5.74, 6) is 0. The molecular weight excluding hydrogens is 148 g/mol. The maximum Gasteiger partial charge on any atom is 0.0914 e. The molecule has 60 valence electrons. The van der Waals surface area contributed by atoms with Gasteiger partial charge in [-0.25, -0.2) is 0 Å². The Bertz CT molecular complexity index is 105. The summed E-state index contributed by atoms with van der Waals surface area (Å²) in [6.07, 6.45) is 0. The second-order valence-electron chi connectivity index (χ2n) is 3.63. The van der Waals surface area contributed by atoms with E-state index in [1.165, 1.54) is 43.8 Å². The third kappa shape index (κ3) is 1.29. The fourth-order valence-electron chi connectivity index (χ4n) is 1.82. The first-order chi connectivity index (χ1) is 4.29. The molecule has 3 rings (SSSR count). The molecule has 2 nitrogen and oxygen atoms in total. The van der Waals surface area contributed by atoms with E-state index in [1.54, 1.807) is 0 Å². The molecule has 0 saturated carbocycles. The van der Waals surface area contributed by atoms with E-state index in [0.717, 1.165) is 0 Å². The molecule has 0 aliphatic carbocycles. The number of rotatable bonds is 0. The lowest BCUT2D eigenvalue weighted by Gasteiger charge is -2.48. The Morgan fingerprint density at radius 3 is 1.60 bits per heavy atom. The van der Waals surface area contributed by atoms with Crippen molar-refractivity contribution in [3.63, 3.8) is 0 Å². The molecule has 0 aromatic rings. The Hall–Kier alpha value is 0.210. The highest BCUT2D eigenvalue weighted by Crippen LogP contribution is 2.15. The Labute approximate surface area is 68.8 Å². The fraction of sp³-hybridized carbons (Fsp3) is 1.00. The number of hydrogen-bond donors (Lipinski definition) is 0. The normalized spacial score (nSPS) is 44.7. The summed E-state index contributed by atoms with van der Waals surface area (Å²) in [5, 5.41) is 0. The largest absolute Gasteiger partial charge is 1.00 e. The van der Waals surface area contributed by atoms with Gasteiger partial charge in [-0.15, -0.1) is 0 Å². The Morgan fingerprint density at radius 1 is 1.00 bits per heavy atom. The first-order valence-corrected chi connectivity index (χ1v) is 3.84. The quantitative estimate of drug-likeness (QED) is 0.339. The third-order valence-corrected chi connectivity index (χ3v) is 2.87. The lowest BCUT2D eigenvalue weighted by molar-refractivity contribution is -0.922. The molecule has 0 amide bonds. The number of nitrogens with zero attached hydrogens (tertiary/aromatic N) is 2. The zero-order valence-corrected chi connectivity index (χ0v) is 7.27. The van der Waals surface area contributed by atoms with Crippen LogP contribution in [0, 0.1) is 0 Å². The van der Waals surface area contributed by atoms with Gasteiger partial charge in [-0.3, -0.25) is 4.90 Å². The van der Waals surface area contributed by atoms with Crippen LogP contribution < -0.4 is 12.4 Å². The number of quaternary nitrogens is 1. The molecule has 0 aromatic heterocycles. The summed E-state index contributed by atoms with van der Waals surface area (Å²) in [4.78, 5) is 2.57. The molecule has 3 saturated heterocycles. The molecule has 0 atom stereocenters. The topological polar surface area (TPSA) is 3.24 Å². The minimum absolute atomic E-state index is 0. The molecule has 3 aliphatic rings. The monoisotopic (exact) mass is 162 g/mol. The summed E-state index contributed by atoms with van der Waals surface area (Å²) in [5.41, 5.74) is 0. The summed E-state index contributed by atoms with van der Waals surface area (Å²) in [6, 6.07) is 0. The Kier molecular flexibility index (Phi) is 2.23. The van der Waals surface area contributed by atoms with Gasteiger partial charge < -0.3 is 16.9 Å². The molecule has 3 heterocycles. The molecular formula is C7H15ClN2. The SMILES string of the molecule is C[N+]12CCN(CC1)CC2.[Cl-]. The van der Waals surface area contributed by atoms with Crippen LogP contribution in [0.1, 0.15) is 0 Å². The van der Waals surface area contributed by atoms with E-state index in [0.29, 0.717) is 0 Å². The standard InChI is InChI=1S/C7H15N2.ClH/c1-9-5-2-8(3-6-9)4-7-9;/h2-7H2,1H3;1H/q+1;/p-1. The highest BCUT2D eigenvalue weighted by Gasteiger charge is 2.34. The lowest BCUT2D eigenvalue weighted by Crippen LogP contribution is -3.00. The van der Waals surface area contributed by atoms with Gasteiger partial charge in [0, 0.05) is 19.6 Å². The molecule has 3 fully saturated rings. The zero-order valence-electron chi connectivity index (χ0n) is 6.52. The average molecular weight is 163 g/mol. The number of likely N-dealkylation sites (N-methyl/N-ethyl adjacent to an activating group) is 1. The van der Waals surface area contributed by atoms with Gasteiger partial charge in [-0.05, 0) is 0 Å². The Morgan fingerprint density at radius 2 is 1.40 bits per heavy atom. The second kappa shape index (κ2) is 2.68. The van der Waals surface area contributed by atoms with Gasteiger partial charge in [0.25, 0.3) is 0 Å². The Balaban J connectivity index is 0.000000500. The van der Waals surface area contributed by atoms with E-state index < -0.39 is 0 Å². The van der Waals surface area contributed by atoms with Crippen molar-refractivity contribution < 1.29 is 16.9 Å². The molecule has 3 aliphatic heterocycles. The number of piperazine rings is 3. The molecule has 0 aromatic carbocycles. The van der Waals surface area contributed by atoms with Crippen molar-refractivity contribution in [1.82, 2.24) is 4.90 Å². The number of hydrogen-bond acceptors (Lipinski definition) is 1. The van der Waals surface area contributed by atoms with Gasteiger partial charge in [-0.1, -0.05) is 0 Å². The van der Waals surface area contributed by atoms with Gasteiger partial charge >= 0.3 is 0 Å². The van der Waals surface area contributed by atoms with Crippen LogP contribution in [0.3, 0.4) is 0 Å². The van der Waals surface area contributed by atoms with Gasteiger partial charge in [0.05, 0.1) is 26.7 Å². The summed E-state index contributed by atoms with van der Waals surface area (Å²) in [7, 11) is 2.39. The van der Waals surface area contributed by atoms with Crippen LogP contribution in [0.4, 0.5) is 0 Å². The van der Waals surface area contributed by atoms with Gasteiger partial charge in [-0.2, -0.15) is 0 Å². The predicted molar refractivity (Wildman–Crippen MR) is 37.2 cm³/mol. The number of halogens is 1. The fourth-order valence-corrected chi connectivity index (χ4v) is 1.82. The van der Waals surface area contributed by atoms with Crippen molar-refractivity contribution in [3.05, 3.63) is 0 Å². The molecule has 3 heteroatoms. The van der Waals surface area contributed by atoms with Crippen LogP contribution in [-0.4, -0.2) is 55.7 Å². The minimum Gasteiger partial charge on any atom is -1.00 e. The number of fused-ring (bicyclic) bond motifs is 3. The summed E-state index contributed by atoms with van der Waals surface area (Å²) in [6.45, 7) is 8.20. The summed E-state index contributed by atoms with van der Waals surface area (Å²) >= 11 is 0. The molecule has 2 bridgehead atoms. The van der Waals surface area contributed by atoms with Crippen molar-refractivity contribution in [2.45, 2.75) is 0 Å². The van der Waals surface area contributed by atoms with E-state index >= 15 is 0 Å². The van der Waals surface area contributed by atoms with Crippen molar-refractivity contribution in [2.24, 2.45) is 0 Å². The van der Waals surface area contributed by atoms with Gasteiger partial charge in [0.1, 0.15) is 0 Å². The molecule has 10 heavy (non-hydrogen) atoms. The van der Waals surface area contributed by atoms with Crippen molar-refractivity contribution >= 4 is 0 Å².